The van der Waals surface area contributed by atoms with Crippen molar-refractivity contribution in [1.29, 1.82) is 0 Å². The number of rotatable bonds is 6. The second-order valence-electron chi connectivity index (χ2n) is 7.64. The zero-order chi connectivity index (χ0) is 22.8. The van der Waals surface area contributed by atoms with Crippen LogP contribution in [0.25, 0.3) is 21.5 Å². The molecule has 5 rings (SSSR count). The molecule has 1 atom stereocenters. The Morgan fingerprint density at radius 1 is 1.09 bits per heavy atom. The maximum absolute atomic E-state index is 12.3. The highest BCUT2D eigenvalue weighted by molar-refractivity contribution is 7.16. The number of anilines is 2. The summed E-state index contributed by atoms with van der Waals surface area (Å²) in [5, 5.41) is 12.8. The van der Waals surface area contributed by atoms with Gasteiger partial charge in [0.05, 0.1) is 27.5 Å². The maximum atomic E-state index is 12.3. The van der Waals surface area contributed by atoms with Crippen molar-refractivity contribution in [3.63, 3.8) is 0 Å². The number of hydrogen-bond donors (Lipinski definition) is 3. The van der Waals surface area contributed by atoms with Crippen molar-refractivity contribution in [3.05, 3.63) is 83.4 Å². The molecule has 0 saturated carbocycles. The molecule has 0 aliphatic carbocycles. The molecule has 0 aliphatic rings. The lowest BCUT2D eigenvalue weighted by Gasteiger charge is -2.17. The lowest BCUT2D eigenvalue weighted by Crippen LogP contribution is -2.13. The number of aromatic nitrogens is 5. The molecule has 0 radical (unpaired) electrons. The van der Waals surface area contributed by atoms with E-state index in [0.717, 1.165) is 32.9 Å². The maximum Gasteiger partial charge on any atom is 0.273 e. The average Bonchev–Trinajstić information content (AvgIpc) is 3.50. The van der Waals surface area contributed by atoms with Crippen LogP contribution in [-0.4, -0.2) is 31.1 Å². The molecule has 9 heteroatoms. The molecular formula is C24H21N7OS. The van der Waals surface area contributed by atoms with Gasteiger partial charge >= 0.3 is 0 Å². The van der Waals surface area contributed by atoms with E-state index in [-0.39, 0.29) is 11.9 Å². The fraction of sp³-hybridized carbons (Fsp3) is 0.125. The number of nitrogens with zero attached hydrogens (tertiary/aromatic N) is 4. The number of amides is 1. The third-order valence-electron chi connectivity index (χ3n) is 5.22. The summed E-state index contributed by atoms with van der Waals surface area (Å²) in [5.74, 6) is 1.19. The molecule has 0 spiro atoms. The van der Waals surface area contributed by atoms with E-state index in [2.05, 4.69) is 48.8 Å². The van der Waals surface area contributed by atoms with E-state index in [0.29, 0.717) is 17.2 Å². The Labute approximate surface area is 194 Å². The summed E-state index contributed by atoms with van der Waals surface area (Å²) in [7, 11) is 0. The molecule has 5 aromatic rings. The van der Waals surface area contributed by atoms with Crippen molar-refractivity contribution in [3.8, 4) is 11.3 Å². The normalized spacial score (nSPS) is 11.9. The monoisotopic (exact) mass is 455 g/mol. The topological polar surface area (TPSA) is 108 Å². The number of carbonyl (C=O) groups is 1. The zero-order valence-corrected chi connectivity index (χ0v) is 18.9. The van der Waals surface area contributed by atoms with Gasteiger partial charge in [0.2, 0.25) is 0 Å². The third-order valence-corrected chi connectivity index (χ3v) is 6.01. The first-order valence-electron chi connectivity index (χ1n) is 10.4. The number of carbonyl (C=O) groups excluding carboxylic acids is 1. The Hall–Kier alpha value is -4.11. The van der Waals surface area contributed by atoms with Crippen LogP contribution in [0.2, 0.25) is 0 Å². The summed E-state index contributed by atoms with van der Waals surface area (Å²) < 4.78 is 1.13. The summed E-state index contributed by atoms with van der Waals surface area (Å²) in [5.41, 5.74) is 6.84. The van der Waals surface area contributed by atoms with Crippen molar-refractivity contribution in [2.75, 3.05) is 10.6 Å². The van der Waals surface area contributed by atoms with E-state index in [1.54, 1.807) is 23.6 Å². The van der Waals surface area contributed by atoms with E-state index in [4.69, 9.17) is 0 Å². The second kappa shape index (κ2) is 8.79. The minimum absolute atomic E-state index is 0.0415. The number of aromatic amines is 1. The van der Waals surface area contributed by atoms with Crippen molar-refractivity contribution in [2.24, 2.45) is 0 Å². The van der Waals surface area contributed by atoms with E-state index >= 15 is 0 Å². The van der Waals surface area contributed by atoms with Gasteiger partial charge in [-0.3, -0.25) is 9.89 Å². The minimum Gasteiger partial charge on any atom is -0.363 e. The van der Waals surface area contributed by atoms with Crippen molar-refractivity contribution in [1.82, 2.24) is 25.1 Å². The molecule has 3 heterocycles. The fourth-order valence-corrected chi connectivity index (χ4v) is 4.29. The Kier molecular flexibility index (Phi) is 5.54. The standard InChI is InChI=1S/C24H21N7OS/c1-14(16-4-3-5-18(10-16)30-24(32)20-8-9-26-31-20)27-23-12-21(28-15(2)29-23)17-6-7-19-22(11-17)33-13-25-19/h3-14H,1-2H3,(H,26,31)(H,30,32)(H,27,28,29). The molecule has 0 aliphatic heterocycles. The van der Waals surface area contributed by atoms with Gasteiger partial charge in [0, 0.05) is 23.5 Å². The molecule has 2 aromatic carbocycles. The molecule has 1 unspecified atom stereocenters. The minimum atomic E-state index is -0.237. The summed E-state index contributed by atoms with van der Waals surface area (Å²) >= 11 is 1.61. The van der Waals surface area contributed by atoms with E-state index < -0.39 is 0 Å². The highest BCUT2D eigenvalue weighted by atomic mass is 32.1. The van der Waals surface area contributed by atoms with Crippen LogP contribution >= 0.6 is 11.3 Å². The lowest BCUT2D eigenvalue weighted by molar-refractivity contribution is 0.102. The van der Waals surface area contributed by atoms with Crippen LogP contribution in [0.15, 0.2) is 66.3 Å². The molecule has 3 aromatic heterocycles. The second-order valence-corrected chi connectivity index (χ2v) is 8.52. The number of thiazole rings is 1. The summed E-state index contributed by atoms with van der Waals surface area (Å²) in [6, 6.07) is 17.4. The van der Waals surface area contributed by atoms with Crippen LogP contribution in [0.5, 0.6) is 0 Å². The number of hydrogen-bond acceptors (Lipinski definition) is 7. The summed E-state index contributed by atoms with van der Waals surface area (Å²) in [6.45, 7) is 3.94. The lowest BCUT2D eigenvalue weighted by atomic mass is 10.1. The SMILES string of the molecule is Cc1nc(NC(C)c2cccc(NC(=O)c3ccn[nH]3)c2)cc(-c2ccc3ncsc3c2)n1. The van der Waals surface area contributed by atoms with Gasteiger partial charge in [-0.05, 0) is 49.7 Å². The average molecular weight is 456 g/mol. The molecule has 8 nitrogen and oxygen atoms in total. The Bertz CT molecular complexity index is 1430. The van der Waals surface area contributed by atoms with Crippen LogP contribution in [-0.2, 0) is 0 Å². The number of fused-ring (bicyclic) bond motifs is 1. The fourth-order valence-electron chi connectivity index (χ4n) is 3.58. The van der Waals surface area contributed by atoms with Crippen LogP contribution in [0, 0.1) is 6.92 Å². The van der Waals surface area contributed by atoms with Crippen LogP contribution < -0.4 is 10.6 Å². The molecule has 1 amide bonds. The van der Waals surface area contributed by atoms with Gasteiger partial charge in [-0.15, -0.1) is 11.3 Å². The smallest absolute Gasteiger partial charge is 0.273 e. The van der Waals surface area contributed by atoms with Crippen LogP contribution in [0.4, 0.5) is 11.5 Å². The van der Waals surface area contributed by atoms with Gasteiger partial charge < -0.3 is 10.6 Å². The van der Waals surface area contributed by atoms with Gasteiger partial charge in [0.15, 0.2) is 0 Å². The van der Waals surface area contributed by atoms with Crippen molar-refractivity contribution in [2.45, 2.75) is 19.9 Å². The highest BCUT2D eigenvalue weighted by Crippen LogP contribution is 2.28. The summed E-state index contributed by atoms with van der Waals surface area (Å²) in [4.78, 5) is 25.8. The van der Waals surface area contributed by atoms with Gasteiger partial charge in [0.1, 0.15) is 17.3 Å². The third kappa shape index (κ3) is 4.58. The Balaban J connectivity index is 1.35. The van der Waals surface area contributed by atoms with Crippen molar-refractivity contribution >= 4 is 39.0 Å². The van der Waals surface area contributed by atoms with E-state index in [9.17, 15) is 4.79 Å². The van der Waals surface area contributed by atoms with E-state index in [1.807, 2.05) is 54.9 Å². The predicted octanol–water partition coefficient (Wildman–Crippen LogP) is 5.21. The molecule has 33 heavy (non-hydrogen) atoms. The summed E-state index contributed by atoms with van der Waals surface area (Å²) in [6.07, 6.45) is 1.55. The van der Waals surface area contributed by atoms with Gasteiger partial charge in [-0.25, -0.2) is 15.0 Å². The first-order valence-corrected chi connectivity index (χ1v) is 11.3. The quantitative estimate of drug-likeness (QED) is 0.324. The Morgan fingerprint density at radius 3 is 2.85 bits per heavy atom. The highest BCUT2D eigenvalue weighted by Gasteiger charge is 2.12. The van der Waals surface area contributed by atoms with Gasteiger partial charge in [-0.1, -0.05) is 18.2 Å². The largest absolute Gasteiger partial charge is 0.363 e. The number of nitrogens with one attached hydrogen (secondary N) is 3. The van der Waals surface area contributed by atoms with E-state index in [1.165, 1.54) is 0 Å². The van der Waals surface area contributed by atoms with Crippen LogP contribution in [0.3, 0.4) is 0 Å². The molecule has 164 valence electrons. The molecular weight excluding hydrogens is 434 g/mol. The molecule has 3 N–H and O–H groups in total. The Morgan fingerprint density at radius 2 is 2.00 bits per heavy atom. The molecule has 0 saturated heterocycles. The zero-order valence-electron chi connectivity index (χ0n) is 18.0. The van der Waals surface area contributed by atoms with Gasteiger partial charge in [-0.2, -0.15) is 5.10 Å². The number of benzene rings is 2. The molecule has 0 bridgehead atoms. The predicted molar refractivity (Wildman–Crippen MR) is 130 cm³/mol. The van der Waals surface area contributed by atoms with Crippen LogP contribution in [0.1, 0.15) is 34.8 Å². The number of aryl methyl sites for hydroxylation is 1. The first kappa shape index (κ1) is 20.8. The first-order chi connectivity index (χ1) is 16.0. The van der Waals surface area contributed by atoms with Gasteiger partial charge in [0.25, 0.3) is 5.91 Å². The number of H-pyrrole nitrogens is 1. The van der Waals surface area contributed by atoms with Crippen molar-refractivity contribution < 1.29 is 4.79 Å². The molecule has 0 fully saturated rings.